The minimum atomic E-state index is -0.0688. The van der Waals surface area contributed by atoms with Crippen LogP contribution < -0.4 is 5.32 Å². The lowest BCUT2D eigenvalue weighted by molar-refractivity contribution is 0.0643. The van der Waals surface area contributed by atoms with Crippen molar-refractivity contribution in [3.05, 3.63) is 50.4 Å². The highest BCUT2D eigenvalue weighted by molar-refractivity contribution is 7.20. The summed E-state index contributed by atoms with van der Waals surface area (Å²) >= 11 is 13.5. The molecule has 1 fully saturated rings. The van der Waals surface area contributed by atoms with E-state index < -0.39 is 0 Å². The minimum absolute atomic E-state index is 0. The molecule has 25 heavy (non-hydrogen) atoms. The Hall–Kier alpha value is -0.850. The number of carbonyl (C=O) groups excluding carboxylic acids is 1. The molecule has 2 aromatic heterocycles. The van der Waals surface area contributed by atoms with Crippen molar-refractivity contribution in [2.45, 2.75) is 31.8 Å². The molecule has 1 amide bonds. The zero-order chi connectivity index (χ0) is 16.9. The van der Waals surface area contributed by atoms with E-state index in [0.717, 1.165) is 38.0 Å². The first-order valence-corrected chi connectivity index (χ1v) is 9.59. The summed E-state index contributed by atoms with van der Waals surface area (Å²) in [5.74, 6) is -0.0688. The van der Waals surface area contributed by atoms with Gasteiger partial charge in [-0.25, -0.2) is 0 Å². The van der Waals surface area contributed by atoms with E-state index >= 15 is 0 Å². The third-order valence-electron chi connectivity index (χ3n) is 4.19. The van der Waals surface area contributed by atoms with Crippen LogP contribution in [0.15, 0.2) is 30.5 Å². The SMILES string of the molecule is Cl.O=C(c1cc(Cl)sc1Cl)N(Cc1ccccn1)C1CCCNCC1. The lowest BCUT2D eigenvalue weighted by Gasteiger charge is -2.31. The zero-order valence-electron chi connectivity index (χ0n) is 13.6. The van der Waals surface area contributed by atoms with Crippen LogP contribution in [0.5, 0.6) is 0 Å². The van der Waals surface area contributed by atoms with Crippen molar-refractivity contribution in [1.29, 1.82) is 0 Å². The molecule has 3 rings (SSSR count). The summed E-state index contributed by atoms with van der Waals surface area (Å²) in [6, 6.07) is 7.59. The number of amides is 1. The van der Waals surface area contributed by atoms with E-state index in [9.17, 15) is 4.79 Å². The fourth-order valence-corrected chi connectivity index (χ4v) is 4.43. The summed E-state index contributed by atoms with van der Waals surface area (Å²) in [5.41, 5.74) is 1.36. The molecule has 0 aliphatic carbocycles. The number of rotatable bonds is 4. The van der Waals surface area contributed by atoms with E-state index in [1.807, 2.05) is 23.1 Å². The maximum Gasteiger partial charge on any atom is 0.256 e. The van der Waals surface area contributed by atoms with Crippen LogP contribution >= 0.6 is 46.9 Å². The smallest absolute Gasteiger partial charge is 0.256 e. The lowest BCUT2D eigenvalue weighted by Crippen LogP contribution is -2.40. The van der Waals surface area contributed by atoms with Crippen LogP contribution in [0.25, 0.3) is 0 Å². The standard InChI is InChI=1S/C17H19Cl2N3OS.ClH/c18-15-10-14(16(19)24-15)17(23)22(11-12-4-1-2-8-21-12)13-5-3-7-20-9-6-13;/h1-2,4,8,10,13,20H,3,5-7,9,11H2;1H. The van der Waals surface area contributed by atoms with E-state index in [0.29, 0.717) is 20.8 Å². The topological polar surface area (TPSA) is 45.2 Å². The first-order chi connectivity index (χ1) is 11.6. The van der Waals surface area contributed by atoms with Crippen molar-refractivity contribution in [2.24, 2.45) is 0 Å². The van der Waals surface area contributed by atoms with Crippen LogP contribution in [-0.2, 0) is 6.54 Å². The molecule has 4 nitrogen and oxygen atoms in total. The van der Waals surface area contributed by atoms with Gasteiger partial charge in [-0.05, 0) is 50.6 Å². The van der Waals surface area contributed by atoms with Gasteiger partial charge in [0, 0.05) is 12.2 Å². The van der Waals surface area contributed by atoms with E-state index in [1.165, 1.54) is 11.3 Å². The Labute approximate surface area is 167 Å². The number of hydrogen-bond donors (Lipinski definition) is 1. The normalized spacial score (nSPS) is 17.4. The Morgan fingerprint density at radius 2 is 2.16 bits per heavy atom. The molecular weight excluding hydrogens is 401 g/mol. The van der Waals surface area contributed by atoms with Gasteiger partial charge in [-0.3, -0.25) is 9.78 Å². The van der Waals surface area contributed by atoms with Crippen molar-refractivity contribution in [3.8, 4) is 0 Å². The third kappa shape index (κ3) is 5.31. The monoisotopic (exact) mass is 419 g/mol. The Kier molecular flexibility index (Phi) is 7.97. The van der Waals surface area contributed by atoms with Crippen molar-refractivity contribution in [2.75, 3.05) is 13.1 Å². The second kappa shape index (κ2) is 9.74. The summed E-state index contributed by atoms with van der Waals surface area (Å²) in [7, 11) is 0. The molecule has 8 heteroatoms. The van der Waals surface area contributed by atoms with Crippen molar-refractivity contribution < 1.29 is 4.79 Å². The maximum absolute atomic E-state index is 13.1. The summed E-state index contributed by atoms with van der Waals surface area (Å²) in [6.45, 7) is 2.38. The van der Waals surface area contributed by atoms with Gasteiger partial charge in [0.25, 0.3) is 5.91 Å². The highest BCUT2D eigenvalue weighted by Gasteiger charge is 2.28. The van der Waals surface area contributed by atoms with Crippen LogP contribution in [-0.4, -0.2) is 34.9 Å². The maximum atomic E-state index is 13.1. The number of carbonyl (C=O) groups is 1. The zero-order valence-corrected chi connectivity index (χ0v) is 16.7. The quantitative estimate of drug-likeness (QED) is 0.782. The summed E-state index contributed by atoms with van der Waals surface area (Å²) < 4.78 is 0.978. The molecule has 1 unspecified atom stereocenters. The van der Waals surface area contributed by atoms with Crippen LogP contribution in [0.2, 0.25) is 8.67 Å². The van der Waals surface area contributed by atoms with Gasteiger partial charge in [-0.1, -0.05) is 29.3 Å². The minimum Gasteiger partial charge on any atom is -0.330 e. The molecule has 1 N–H and O–H groups in total. The van der Waals surface area contributed by atoms with Gasteiger partial charge in [0.1, 0.15) is 4.34 Å². The Morgan fingerprint density at radius 1 is 1.32 bits per heavy atom. The van der Waals surface area contributed by atoms with Crippen molar-refractivity contribution in [1.82, 2.24) is 15.2 Å². The molecule has 0 spiro atoms. The van der Waals surface area contributed by atoms with E-state index in [2.05, 4.69) is 10.3 Å². The molecule has 1 aliphatic rings. The highest BCUT2D eigenvalue weighted by Crippen LogP contribution is 2.33. The highest BCUT2D eigenvalue weighted by atomic mass is 35.5. The van der Waals surface area contributed by atoms with Crippen LogP contribution in [0.1, 0.15) is 35.3 Å². The third-order valence-corrected chi connectivity index (χ3v) is 5.68. The number of halogens is 3. The van der Waals surface area contributed by atoms with Gasteiger partial charge >= 0.3 is 0 Å². The van der Waals surface area contributed by atoms with Crippen molar-refractivity contribution in [3.63, 3.8) is 0 Å². The largest absolute Gasteiger partial charge is 0.330 e. The molecule has 3 heterocycles. The van der Waals surface area contributed by atoms with Crippen LogP contribution in [0.3, 0.4) is 0 Å². The van der Waals surface area contributed by atoms with Gasteiger partial charge in [-0.2, -0.15) is 0 Å². The lowest BCUT2D eigenvalue weighted by atomic mass is 10.1. The second-order valence-electron chi connectivity index (χ2n) is 5.83. The van der Waals surface area contributed by atoms with Gasteiger partial charge in [-0.15, -0.1) is 23.7 Å². The number of nitrogens with one attached hydrogen (secondary N) is 1. The first kappa shape index (κ1) is 20.5. The first-order valence-electron chi connectivity index (χ1n) is 8.01. The Bertz CT molecular complexity index is 688. The second-order valence-corrected chi connectivity index (χ2v) is 8.11. The van der Waals surface area contributed by atoms with Crippen LogP contribution in [0, 0.1) is 0 Å². The molecule has 0 saturated carbocycles. The molecule has 1 aliphatic heterocycles. The average Bonchev–Trinajstić information content (AvgIpc) is 2.79. The van der Waals surface area contributed by atoms with E-state index in [4.69, 9.17) is 23.2 Å². The average molecular weight is 421 g/mol. The predicted octanol–water partition coefficient (Wildman–Crippen LogP) is 4.66. The fourth-order valence-electron chi connectivity index (χ4n) is 2.99. The van der Waals surface area contributed by atoms with E-state index in [-0.39, 0.29) is 24.4 Å². The summed E-state index contributed by atoms with van der Waals surface area (Å²) in [4.78, 5) is 19.4. The number of hydrogen-bond acceptors (Lipinski definition) is 4. The molecule has 2 aromatic rings. The predicted molar refractivity (Wildman–Crippen MR) is 106 cm³/mol. The molecule has 1 atom stereocenters. The van der Waals surface area contributed by atoms with Crippen LogP contribution in [0.4, 0.5) is 0 Å². The Balaban J connectivity index is 0.00000225. The van der Waals surface area contributed by atoms with E-state index in [1.54, 1.807) is 12.3 Å². The molecule has 0 aromatic carbocycles. The molecule has 1 saturated heterocycles. The number of thiophene rings is 1. The summed E-state index contributed by atoms with van der Waals surface area (Å²) in [5, 5.41) is 3.39. The van der Waals surface area contributed by atoms with Gasteiger partial charge in [0.05, 0.1) is 22.1 Å². The molecular formula is C17H20Cl3N3OS. The van der Waals surface area contributed by atoms with Gasteiger partial charge in [0.15, 0.2) is 0 Å². The molecule has 136 valence electrons. The summed E-state index contributed by atoms with van der Waals surface area (Å²) in [6.07, 6.45) is 4.70. The fraction of sp³-hybridized carbons (Fsp3) is 0.412. The molecule has 0 bridgehead atoms. The Morgan fingerprint density at radius 3 is 2.84 bits per heavy atom. The van der Waals surface area contributed by atoms with Crippen molar-refractivity contribution >= 4 is 52.9 Å². The van der Waals surface area contributed by atoms with Gasteiger partial charge < -0.3 is 10.2 Å². The molecule has 0 radical (unpaired) electrons. The number of pyridine rings is 1. The number of nitrogens with zero attached hydrogens (tertiary/aromatic N) is 2. The number of aromatic nitrogens is 1. The van der Waals surface area contributed by atoms with Gasteiger partial charge in [0.2, 0.25) is 0 Å².